The Morgan fingerprint density at radius 2 is 1.90 bits per heavy atom. The van der Waals surface area contributed by atoms with E-state index in [2.05, 4.69) is 55.3 Å². The van der Waals surface area contributed by atoms with Crippen molar-refractivity contribution in [2.24, 2.45) is 5.73 Å². The highest BCUT2D eigenvalue weighted by Gasteiger charge is 2.17. The molecule has 2 aromatic carbocycles. The van der Waals surface area contributed by atoms with Gasteiger partial charge in [-0.15, -0.1) is 0 Å². The molecule has 2 rings (SSSR count). The molecule has 0 aliphatic rings. The van der Waals surface area contributed by atoms with E-state index in [0.717, 1.165) is 12.3 Å². The largest absolute Gasteiger partial charge is 0.497 e. The molecule has 1 unspecified atom stereocenters. The maximum absolute atomic E-state index is 6.02. The summed E-state index contributed by atoms with van der Waals surface area (Å²) in [6.45, 7) is 3.58. The molecule has 112 valence electrons. The minimum absolute atomic E-state index is 0.220. The molecule has 3 heteroatoms. The third-order valence-electron chi connectivity index (χ3n) is 3.87. The highest BCUT2D eigenvalue weighted by molar-refractivity contribution is 5.31. The molecule has 1 atom stereocenters. The number of nitrogens with two attached hydrogens (primary N) is 1. The van der Waals surface area contributed by atoms with Crippen LogP contribution in [0.5, 0.6) is 5.75 Å². The molecule has 0 radical (unpaired) electrons. The number of nitrogens with zero attached hydrogens (tertiary/aromatic N) is 1. The fraction of sp³-hybridized carbons (Fsp3) is 0.333. The summed E-state index contributed by atoms with van der Waals surface area (Å²) < 4.78 is 5.28. The Bertz CT molecular complexity index is 583. The van der Waals surface area contributed by atoms with E-state index in [1.807, 2.05) is 12.1 Å². The summed E-state index contributed by atoms with van der Waals surface area (Å²) in [5, 5.41) is 0. The van der Waals surface area contributed by atoms with Crippen LogP contribution in [0.4, 0.5) is 0 Å². The van der Waals surface area contributed by atoms with Crippen molar-refractivity contribution >= 4 is 0 Å². The zero-order valence-electron chi connectivity index (χ0n) is 13.0. The fourth-order valence-corrected chi connectivity index (χ4v) is 2.67. The molecule has 2 N–H and O–H groups in total. The predicted octanol–water partition coefficient (Wildman–Crippen LogP) is 3.14. The van der Waals surface area contributed by atoms with Gasteiger partial charge in [-0.1, -0.05) is 36.4 Å². The lowest BCUT2D eigenvalue weighted by molar-refractivity contribution is 0.241. The van der Waals surface area contributed by atoms with Crippen molar-refractivity contribution in [1.82, 2.24) is 4.90 Å². The number of methoxy groups -OCH3 is 1. The molecular weight excluding hydrogens is 260 g/mol. The van der Waals surface area contributed by atoms with E-state index in [-0.39, 0.29) is 6.04 Å². The Balaban J connectivity index is 2.17. The minimum atomic E-state index is 0.220. The lowest BCUT2D eigenvalue weighted by atomic mass is 10.00. The molecule has 0 saturated heterocycles. The van der Waals surface area contributed by atoms with Gasteiger partial charge in [-0.2, -0.15) is 0 Å². The SMILES string of the molecule is COc1cccc(CN(C)C(CN)c2ccccc2C)c1. The Kier molecular flexibility index (Phi) is 5.37. The predicted molar refractivity (Wildman–Crippen MR) is 87.4 cm³/mol. The molecule has 0 heterocycles. The van der Waals surface area contributed by atoms with Gasteiger partial charge in [0.15, 0.2) is 0 Å². The first-order valence-electron chi connectivity index (χ1n) is 7.24. The van der Waals surface area contributed by atoms with E-state index in [0.29, 0.717) is 6.54 Å². The third-order valence-corrected chi connectivity index (χ3v) is 3.87. The van der Waals surface area contributed by atoms with Crippen LogP contribution in [0.15, 0.2) is 48.5 Å². The lowest BCUT2D eigenvalue weighted by Gasteiger charge is -2.28. The van der Waals surface area contributed by atoms with Gasteiger partial charge in [-0.05, 0) is 42.8 Å². The number of benzene rings is 2. The molecule has 0 spiro atoms. The van der Waals surface area contributed by atoms with Crippen molar-refractivity contribution in [3.63, 3.8) is 0 Å². The highest BCUT2D eigenvalue weighted by atomic mass is 16.5. The van der Waals surface area contributed by atoms with Gasteiger partial charge in [-0.3, -0.25) is 4.90 Å². The Labute approximate surface area is 127 Å². The van der Waals surface area contributed by atoms with E-state index in [1.54, 1.807) is 7.11 Å². The van der Waals surface area contributed by atoms with E-state index >= 15 is 0 Å². The molecule has 0 bridgehead atoms. The van der Waals surface area contributed by atoms with E-state index in [9.17, 15) is 0 Å². The second-order valence-corrected chi connectivity index (χ2v) is 5.37. The van der Waals surface area contributed by atoms with Gasteiger partial charge in [-0.25, -0.2) is 0 Å². The van der Waals surface area contributed by atoms with Crippen LogP contribution in [0.25, 0.3) is 0 Å². The quantitative estimate of drug-likeness (QED) is 0.885. The maximum atomic E-state index is 6.02. The van der Waals surface area contributed by atoms with E-state index < -0.39 is 0 Å². The van der Waals surface area contributed by atoms with Crippen LogP contribution in [0.1, 0.15) is 22.7 Å². The summed E-state index contributed by atoms with van der Waals surface area (Å²) in [5.74, 6) is 0.890. The zero-order chi connectivity index (χ0) is 15.2. The Hall–Kier alpha value is -1.84. The smallest absolute Gasteiger partial charge is 0.119 e. The summed E-state index contributed by atoms with van der Waals surface area (Å²) in [6.07, 6.45) is 0. The van der Waals surface area contributed by atoms with E-state index in [4.69, 9.17) is 10.5 Å². The second kappa shape index (κ2) is 7.25. The van der Waals surface area contributed by atoms with E-state index in [1.165, 1.54) is 16.7 Å². The fourth-order valence-electron chi connectivity index (χ4n) is 2.67. The molecule has 3 nitrogen and oxygen atoms in total. The van der Waals surface area contributed by atoms with Gasteiger partial charge in [0.05, 0.1) is 7.11 Å². The molecule has 0 aromatic heterocycles. The lowest BCUT2D eigenvalue weighted by Crippen LogP contribution is -2.30. The third kappa shape index (κ3) is 3.84. The number of hydrogen-bond acceptors (Lipinski definition) is 3. The maximum Gasteiger partial charge on any atom is 0.119 e. The van der Waals surface area contributed by atoms with Crippen molar-refractivity contribution in [1.29, 1.82) is 0 Å². The average molecular weight is 284 g/mol. The number of aryl methyl sites for hydroxylation is 1. The molecule has 0 amide bonds. The van der Waals surface area contributed by atoms with Crippen molar-refractivity contribution in [3.05, 3.63) is 65.2 Å². The van der Waals surface area contributed by atoms with Crippen molar-refractivity contribution in [3.8, 4) is 5.75 Å². The van der Waals surface area contributed by atoms with Gasteiger partial charge in [0.25, 0.3) is 0 Å². The van der Waals surface area contributed by atoms with Crippen molar-refractivity contribution in [2.45, 2.75) is 19.5 Å². The molecule has 0 aliphatic heterocycles. The monoisotopic (exact) mass is 284 g/mol. The second-order valence-electron chi connectivity index (χ2n) is 5.37. The zero-order valence-corrected chi connectivity index (χ0v) is 13.0. The van der Waals surface area contributed by atoms with Gasteiger partial charge in [0, 0.05) is 19.1 Å². The van der Waals surface area contributed by atoms with Gasteiger partial charge < -0.3 is 10.5 Å². The van der Waals surface area contributed by atoms with Crippen LogP contribution >= 0.6 is 0 Å². The Morgan fingerprint density at radius 1 is 1.14 bits per heavy atom. The van der Waals surface area contributed by atoms with Gasteiger partial charge in [0.1, 0.15) is 5.75 Å². The van der Waals surface area contributed by atoms with Crippen LogP contribution < -0.4 is 10.5 Å². The van der Waals surface area contributed by atoms with Crippen LogP contribution in [0, 0.1) is 6.92 Å². The summed E-state index contributed by atoms with van der Waals surface area (Å²) in [7, 11) is 3.81. The van der Waals surface area contributed by atoms with Crippen LogP contribution in [0.3, 0.4) is 0 Å². The summed E-state index contributed by atoms with van der Waals surface area (Å²) in [6, 6.07) is 16.8. The molecular formula is C18H24N2O. The average Bonchev–Trinajstić information content (AvgIpc) is 2.50. The first-order chi connectivity index (χ1) is 10.2. The summed E-state index contributed by atoms with van der Waals surface area (Å²) in [5.41, 5.74) is 9.82. The van der Waals surface area contributed by atoms with Crippen LogP contribution in [-0.2, 0) is 6.54 Å². The van der Waals surface area contributed by atoms with Gasteiger partial charge in [0.2, 0.25) is 0 Å². The topological polar surface area (TPSA) is 38.5 Å². The normalized spacial score (nSPS) is 12.4. The molecule has 0 fully saturated rings. The van der Waals surface area contributed by atoms with Gasteiger partial charge >= 0.3 is 0 Å². The molecule has 0 aliphatic carbocycles. The number of hydrogen-bond donors (Lipinski definition) is 1. The Morgan fingerprint density at radius 3 is 2.57 bits per heavy atom. The number of likely N-dealkylation sites (N-methyl/N-ethyl adjacent to an activating group) is 1. The van der Waals surface area contributed by atoms with Crippen molar-refractivity contribution in [2.75, 3.05) is 20.7 Å². The van der Waals surface area contributed by atoms with Crippen LogP contribution in [-0.4, -0.2) is 25.6 Å². The number of rotatable bonds is 6. The standard InChI is InChI=1S/C18H24N2O/c1-14-7-4-5-10-17(14)18(12-19)20(2)13-15-8-6-9-16(11-15)21-3/h4-11,18H,12-13,19H2,1-3H3. The molecule has 0 saturated carbocycles. The first kappa shape index (κ1) is 15.5. The minimum Gasteiger partial charge on any atom is -0.497 e. The summed E-state index contributed by atoms with van der Waals surface area (Å²) in [4.78, 5) is 2.29. The molecule has 21 heavy (non-hydrogen) atoms. The highest BCUT2D eigenvalue weighted by Crippen LogP contribution is 2.24. The number of ether oxygens (including phenoxy) is 1. The summed E-state index contributed by atoms with van der Waals surface area (Å²) >= 11 is 0. The van der Waals surface area contributed by atoms with Crippen molar-refractivity contribution < 1.29 is 4.74 Å². The van der Waals surface area contributed by atoms with Crippen LogP contribution in [0.2, 0.25) is 0 Å². The first-order valence-corrected chi connectivity index (χ1v) is 7.24. The molecule has 2 aromatic rings.